The molecule has 20 heteroatoms. The second-order valence-electron chi connectivity index (χ2n) is 21.6. The van der Waals surface area contributed by atoms with Crippen LogP contribution in [0.15, 0.2) is 192 Å². The second-order valence-corrected chi connectivity index (χ2v) is 21.6. The van der Waals surface area contributed by atoms with E-state index < -0.39 is 0 Å². The molecule has 0 amide bonds. The molecule has 0 aromatic heterocycles. The van der Waals surface area contributed by atoms with Gasteiger partial charge in [0.25, 0.3) is 0 Å². The molecule has 0 N–H and O–H groups in total. The van der Waals surface area contributed by atoms with E-state index in [9.17, 15) is 79.2 Å². The van der Waals surface area contributed by atoms with Crippen molar-refractivity contribution in [2.75, 3.05) is 0 Å². The van der Waals surface area contributed by atoms with Gasteiger partial charge >= 0.3 is 77.9 Å². The zero-order valence-electron chi connectivity index (χ0n) is 56.1. The molecule has 16 nitrogen and oxygen atoms in total. The zero-order chi connectivity index (χ0) is 68.5. The minimum absolute atomic E-state index is 0. The van der Waals surface area contributed by atoms with Crippen LogP contribution >= 0.6 is 0 Å². The van der Waals surface area contributed by atoms with E-state index in [0.29, 0.717) is 0 Å². The molecule has 8 bridgehead atoms. The van der Waals surface area contributed by atoms with Crippen LogP contribution in [0.3, 0.4) is 0 Å². The van der Waals surface area contributed by atoms with Crippen molar-refractivity contribution in [3.8, 4) is 0 Å². The van der Waals surface area contributed by atoms with Gasteiger partial charge in [0.2, 0.25) is 0 Å². The van der Waals surface area contributed by atoms with E-state index in [4.69, 9.17) is 0 Å². The first-order valence-corrected chi connectivity index (χ1v) is 29.2. The van der Waals surface area contributed by atoms with Crippen LogP contribution in [0.1, 0.15) is 162 Å². The number of hydrogen-bond acceptors (Lipinski definition) is 16. The third-order valence-electron chi connectivity index (χ3n) is 11.4. The number of fused-ring (bicyclic) bond motifs is 4. The minimum Gasteiger partial charge on any atom is -0.876 e. The van der Waals surface area contributed by atoms with E-state index in [0.717, 1.165) is 96.0 Å². The summed E-state index contributed by atoms with van der Waals surface area (Å²) >= 11 is 0. The Labute approximate surface area is 600 Å². The van der Waals surface area contributed by atoms with Gasteiger partial charge in [0, 0.05) is 0 Å². The van der Waals surface area contributed by atoms with Crippen molar-refractivity contribution in [3.05, 3.63) is 192 Å². The molecule has 0 aliphatic heterocycles. The number of ketones is 8. The molecule has 0 aromatic rings. The monoisotopic (exact) mass is 1620 g/mol. The Hall–Kier alpha value is -5.91. The van der Waals surface area contributed by atoms with E-state index in [1.54, 1.807) is 0 Å². The molecule has 0 aromatic carbocycles. The molecule has 12 aliphatic carbocycles. The molecule has 512 valence electrons. The molecule has 0 fully saturated rings. The third-order valence-corrected chi connectivity index (χ3v) is 11.4. The van der Waals surface area contributed by atoms with Crippen molar-refractivity contribution in [1.29, 1.82) is 0 Å². The van der Waals surface area contributed by atoms with Crippen LogP contribution in [-0.4, -0.2) is 46.3 Å². The van der Waals surface area contributed by atoms with Crippen molar-refractivity contribution in [1.82, 2.24) is 0 Å². The van der Waals surface area contributed by atoms with Crippen molar-refractivity contribution in [2.45, 2.75) is 162 Å². The van der Waals surface area contributed by atoms with Gasteiger partial charge in [-0.2, -0.15) is 0 Å². The van der Waals surface area contributed by atoms with Gasteiger partial charge in [-0.3, -0.25) is 38.4 Å². The minimum atomic E-state index is -0.187. The van der Waals surface area contributed by atoms with Gasteiger partial charge in [-0.25, -0.2) is 0 Å². The predicted octanol–water partition coefficient (Wildman–Crippen LogP) is 7.26. The van der Waals surface area contributed by atoms with Crippen LogP contribution < -0.4 is 40.9 Å². The van der Waals surface area contributed by atoms with Gasteiger partial charge in [-0.05, 0) is 203 Å². The molecule has 12 rings (SSSR count). The third kappa shape index (κ3) is 78.3. The van der Waals surface area contributed by atoms with Crippen molar-refractivity contribution in [2.24, 2.45) is 47.3 Å². The molecule has 0 heterocycles. The summed E-state index contributed by atoms with van der Waals surface area (Å²) in [4.78, 5) is 79.8. The summed E-state index contributed by atoms with van der Waals surface area (Å²) in [6.07, 6.45) is 56.8. The Morgan fingerprint density at radius 1 is 0.196 bits per heavy atom. The van der Waals surface area contributed by atoms with Gasteiger partial charge in [0.05, 0.1) is 0 Å². The topological polar surface area (TPSA) is 321 Å². The van der Waals surface area contributed by atoms with Crippen LogP contribution in [-0.2, 0) is 116 Å². The molecular weight excluding hydrogens is 1530 g/mol. The Morgan fingerprint density at radius 3 is 0.272 bits per heavy atom. The molecule has 0 saturated heterocycles. The molecule has 0 unspecified atom stereocenters. The number of allylic oxidation sites excluding steroid dienone is 32. The molecule has 0 radical (unpaired) electrons. The van der Waals surface area contributed by atoms with E-state index in [1.165, 1.54) is 162 Å². The van der Waals surface area contributed by atoms with Gasteiger partial charge in [-0.1, -0.05) is 153 Å². The summed E-state index contributed by atoms with van der Waals surface area (Å²) in [5.74, 6) is 3.33. The van der Waals surface area contributed by atoms with Crippen LogP contribution in [0.4, 0.5) is 0 Å². The van der Waals surface area contributed by atoms with Gasteiger partial charge < -0.3 is 40.9 Å². The normalized spacial score (nSPS) is 21.2. The van der Waals surface area contributed by atoms with Gasteiger partial charge in [0.15, 0.2) is 46.3 Å². The first-order chi connectivity index (χ1) is 40.8. The summed E-state index contributed by atoms with van der Waals surface area (Å²) in [6.45, 7) is 21.6. The van der Waals surface area contributed by atoms with E-state index in [-0.39, 0.29) is 170 Å². The summed E-state index contributed by atoms with van der Waals surface area (Å²) in [6, 6.07) is 0. The fourth-order valence-electron chi connectivity index (χ4n) is 8.17. The maximum Gasteiger partial charge on any atom is 2.00 e. The van der Waals surface area contributed by atoms with Crippen LogP contribution in [0.5, 0.6) is 0 Å². The van der Waals surface area contributed by atoms with E-state index in [2.05, 4.69) is 97.2 Å². The van der Waals surface area contributed by atoms with Crippen molar-refractivity contribution in [3.63, 3.8) is 0 Å². The maximum absolute atomic E-state index is 9.98. The largest absolute Gasteiger partial charge is 2.00 e. The molecule has 0 saturated carbocycles. The van der Waals surface area contributed by atoms with Crippen LogP contribution in [0.25, 0.3) is 0 Å². The Bertz CT molecular complexity index is 2110. The molecule has 0 spiro atoms. The Balaban J connectivity index is -0.000000139. The summed E-state index contributed by atoms with van der Waals surface area (Å²) in [5.41, 5.74) is 0. The van der Waals surface area contributed by atoms with Crippen LogP contribution in [0, 0.1) is 47.3 Å². The van der Waals surface area contributed by atoms with Gasteiger partial charge in [0.1, 0.15) is 0 Å². The fraction of sp³-hybridized carbons (Fsp3) is 0.444. The first-order valence-electron chi connectivity index (χ1n) is 29.2. The van der Waals surface area contributed by atoms with E-state index in [1.807, 2.05) is 0 Å². The summed E-state index contributed by atoms with van der Waals surface area (Å²) < 4.78 is 0. The fourth-order valence-corrected chi connectivity index (χ4v) is 8.17. The molecule has 0 atom stereocenters. The first kappa shape index (κ1) is 102. The SMILES string of the molecule is C1=CC2C=CC1CC2.C1=CC2C=CC1CC2.C1=CC2C=CC1CC2.C1=CC2C=CC1CC2.CC(=O)/C=C(/C)[O-].CC(=O)/C=C(/C)[O-].CC(=O)/C=C(/C)[O-].CC(=O)/C=C(/C)[O-].CC(=O)/C=C(/C)[O-].CC(=O)/C=C(/C)[O-].CC(=O)/C=C(/C)[O-].CC(=O)/C=C(/C)[O-].[Ru+2].[Ru+2].[Ru+2].[Ru+2]. The maximum atomic E-state index is 9.98. The average Bonchev–Trinajstić information content (AvgIpc) is 3.40. The number of rotatable bonds is 8. The number of carbonyl (C=O) groups is 8. The number of carbonyl (C=O) groups excluding carboxylic acids is 8. The van der Waals surface area contributed by atoms with Crippen LogP contribution in [0.2, 0.25) is 0 Å². The average molecular weight is 1620 g/mol. The predicted molar refractivity (Wildman–Crippen MR) is 333 cm³/mol. The second kappa shape index (κ2) is 62.5. The van der Waals surface area contributed by atoms with E-state index >= 15 is 0 Å². The molecule has 92 heavy (non-hydrogen) atoms. The molecule has 12 aliphatic rings. The zero-order valence-corrected chi connectivity index (χ0v) is 63.0. The quantitative estimate of drug-likeness (QED) is 0.0998. The van der Waals surface area contributed by atoms with Gasteiger partial charge in [-0.15, -0.1) is 46.1 Å². The van der Waals surface area contributed by atoms with Crippen molar-refractivity contribution >= 4 is 46.3 Å². The summed E-state index contributed by atoms with van der Waals surface area (Å²) in [7, 11) is 0. The summed E-state index contributed by atoms with van der Waals surface area (Å²) in [5, 5.41) is 79.8. The molecular formula is C72H96O16Ru4. The Morgan fingerprint density at radius 2 is 0.261 bits per heavy atom. The van der Waals surface area contributed by atoms with Crippen molar-refractivity contribution < 1.29 is 157 Å². The number of hydrogen-bond donors (Lipinski definition) is 0. The Kier molecular flexibility index (Phi) is 69.5. The standard InChI is InChI=1S/4C8H10.8C5H8O2.4Ru/c4*1-2-8-5-3-7(1)4-6-8;8*1-4(6)3-5(2)7;;;;/h4*1-3,5,7-8H,4,6H2;8*3,6H,1-2H3;;;;/q;;;;;;;;;;;;4*+2/p-8/b;;;;8*4-3-;;;;. The smallest absolute Gasteiger partial charge is 0.876 e.